The zero-order valence-corrected chi connectivity index (χ0v) is 21.0. The zero-order valence-electron chi connectivity index (χ0n) is 17.8. The number of fused-ring (bicyclic) bond motifs is 1. The van der Waals surface area contributed by atoms with Crippen LogP contribution >= 0.6 is 46.0 Å². The van der Waals surface area contributed by atoms with Gasteiger partial charge in [0.15, 0.2) is 4.34 Å². The lowest BCUT2D eigenvalue weighted by atomic mass is 10.2. The van der Waals surface area contributed by atoms with Crippen molar-refractivity contribution in [2.75, 3.05) is 5.32 Å². The van der Waals surface area contributed by atoms with Gasteiger partial charge >= 0.3 is 0 Å². The monoisotopic (exact) mass is 529 g/mol. The number of nitrogens with one attached hydrogen (secondary N) is 1. The number of carbonyl (C=O) groups excluding carboxylic acids is 1. The van der Waals surface area contributed by atoms with Crippen LogP contribution in [0, 0.1) is 12.7 Å². The minimum absolute atomic E-state index is 0.240. The molecular weight excluding hydrogens is 513 g/mol. The fraction of sp³-hybridized carbons (Fsp3) is 0.130. The molecule has 172 valence electrons. The van der Waals surface area contributed by atoms with Gasteiger partial charge in [0.05, 0.1) is 17.1 Å². The second-order valence-corrected chi connectivity index (χ2v) is 11.0. The average molecular weight is 530 g/mol. The standard InChI is InChI=1S/C23H17ClFN5OS3/c1-13-17-10-19(33-21(17)30(29-13)11-15-4-2-3-5-18(15)24)20(31)26-22-27-28-23(34-22)32-12-14-6-8-16(25)9-7-14/h2-10H,11-12H2,1H3,(H,26,27,31). The Balaban J connectivity index is 1.28. The van der Waals surface area contributed by atoms with E-state index < -0.39 is 0 Å². The summed E-state index contributed by atoms with van der Waals surface area (Å²) in [5, 5.41) is 17.7. The van der Waals surface area contributed by atoms with Crippen molar-refractivity contribution in [3.63, 3.8) is 0 Å². The van der Waals surface area contributed by atoms with E-state index in [1.807, 2.05) is 41.9 Å². The molecule has 0 bridgehead atoms. The van der Waals surface area contributed by atoms with Gasteiger partial charge in [-0.3, -0.25) is 14.8 Å². The Hall–Kier alpha value is -2.79. The summed E-state index contributed by atoms with van der Waals surface area (Å²) in [6.07, 6.45) is 0. The number of hydrogen-bond donors (Lipinski definition) is 1. The molecule has 11 heteroatoms. The maximum absolute atomic E-state index is 13.0. The molecule has 0 unspecified atom stereocenters. The molecule has 0 saturated carbocycles. The molecule has 0 aliphatic rings. The third-order valence-corrected chi connectivity index (χ3v) is 8.57. The molecule has 3 aromatic heterocycles. The Morgan fingerprint density at radius 1 is 1.15 bits per heavy atom. The highest BCUT2D eigenvalue weighted by Crippen LogP contribution is 2.32. The molecule has 6 nitrogen and oxygen atoms in total. The first-order valence-electron chi connectivity index (χ1n) is 10.2. The predicted octanol–water partition coefficient (Wildman–Crippen LogP) is 6.64. The molecule has 0 aliphatic heterocycles. The summed E-state index contributed by atoms with van der Waals surface area (Å²) < 4.78 is 15.6. The van der Waals surface area contributed by atoms with Gasteiger partial charge in [0, 0.05) is 16.2 Å². The number of amides is 1. The molecule has 0 radical (unpaired) electrons. The largest absolute Gasteiger partial charge is 0.296 e. The Bertz CT molecular complexity index is 1480. The molecule has 1 amide bonds. The molecule has 0 aliphatic carbocycles. The van der Waals surface area contributed by atoms with Crippen molar-refractivity contribution in [2.24, 2.45) is 0 Å². The second kappa shape index (κ2) is 9.83. The van der Waals surface area contributed by atoms with Crippen LogP contribution in [-0.2, 0) is 12.3 Å². The number of aryl methyl sites for hydroxylation is 1. The summed E-state index contributed by atoms with van der Waals surface area (Å²) in [5.74, 6) is 0.138. The lowest BCUT2D eigenvalue weighted by Gasteiger charge is -2.05. The highest BCUT2D eigenvalue weighted by molar-refractivity contribution is 8.00. The number of rotatable bonds is 7. The van der Waals surface area contributed by atoms with Gasteiger partial charge in [0.1, 0.15) is 10.6 Å². The van der Waals surface area contributed by atoms with Crippen molar-refractivity contribution >= 4 is 67.3 Å². The molecule has 0 fully saturated rings. The Kier molecular flexibility index (Phi) is 6.64. The molecule has 1 N–H and O–H groups in total. The maximum atomic E-state index is 13.0. The van der Waals surface area contributed by atoms with E-state index in [-0.39, 0.29) is 11.7 Å². The quantitative estimate of drug-likeness (QED) is 0.189. The van der Waals surface area contributed by atoms with E-state index in [0.717, 1.165) is 31.4 Å². The SMILES string of the molecule is Cc1nn(Cc2ccccc2Cl)c2sc(C(=O)Nc3nnc(SCc4ccc(F)cc4)s3)cc12. The van der Waals surface area contributed by atoms with Crippen LogP contribution < -0.4 is 5.32 Å². The number of thiophene rings is 1. The van der Waals surface area contributed by atoms with Crippen LogP contribution in [0.5, 0.6) is 0 Å². The van der Waals surface area contributed by atoms with Gasteiger partial charge in [-0.15, -0.1) is 21.5 Å². The van der Waals surface area contributed by atoms with E-state index in [9.17, 15) is 9.18 Å². The van der Waals surface area contributed by atoms with Gasteiger partial charge in [-0.25, -0.2) is 4.39 Å². The van der Waals surface area contributed by atoms with E-state index in [0.29, 0.717) is 27.3 Å². The van der Waals surface area contributed by atoms with E-state index in [1.165, 1.54) is 46.6 Å². The number of benzene rings is 2. The summed E-state index contributed by atoms with van der Waals surface area (Å²) in [6, 6.07) is 15.8. The van der Waals surface area contributed by atoms with Crippen LogP contribution in [0.15, 0.2) is 58.9 Å². The number of hydrogen-bond acceptors (Lipinski definition) is 7. The van der Waals surface area contributed by atoms with Gasteiger partial charge in [-0.05, 0) is 42.3 Å². The van der Waals surface area contributed by atoms with Crippen LogP contribution in [0.4, 0.5) is 9.52 Å². The molecule has 5 aromatic rings. The van der Waals surface area contributed by atoms with E-state index in [2.05, 4.69) is 20.6 Å². The third-order valence-electron chi connectivity index (χ3n) is 5.01. The van der Waals surface area contributed by atoms with Crippen molar-refractivity contribution < 1.29 is 9.18 Å². The van der Waals surface area contributed by atoms with Crippen LogP contribution in [0.25, 0.3) is 10.2 Å². The molecule has 3 heterocycles. The number of nitrogens with zero attached hydrogens (tertiary/aromatic N) is 4. The summed E-state index contributed by atoms with van der Waals surface area (Å²) in [4.78, 5) is 14.4. The van der Waals surface area contributed by atoms with Crippen LogP contribution in [0.2, 0.25) is 5.02 Å². The van der Waals surface area contributed by atoms with E-state index >= 15 is 0 Å². The van der Waals surface area contributed by atoms with Crippen molar-refractivity contribution in [1.29, 1.82) is 0 Å². The number of carbonyl (C=O) groups is 1. The first-order chi connectivity index (χ1) is 16.5. The first kappa shape index (κ1) is 23.0. The minimum atomic E-state index is -0.261. The van der Waals surface area contributed by atoms with Gasteiger partial charge in [-0.2, -0.15) is 5.10 Å². The summed E-state index contributed by atoms with van der Waals surface area (Å²) in [7, 11) is 0. The highest BCUT2D eigenvalue weighted by Gasteiger charge is 2.18. The number of halogens is 2. The fourth-order valence-electron chi connectivity index (χ4n) is 3.32. The third kappa shape index (κ3) is 5.00. The Morgan fingerprint density at radius 2 is 1.94 bits per heavy atom. The molecule has 34 heavy (non-hydrogen) atoms. The van der Waals surface area contributed by atoms with Crippen LogP contribution in [0.1, 0.15) is 26.5 Å². The first-order valence-corrected chi connectivity index (χ1v) is 13.2. The van der Waals surface area contributed by atoms with Crippen LogP contribution in [-0.4, -0.2) is 25.9 Å². The molecule has 0 spiro atoms. The van der Waals surface area contributed by atoms with Crippen molar-refractivity contribution in [1.82, 2.24) is 20.0 Å². The molecule has 0 saturated heterocycles. The van der Waals surface area contributed by atoms with Gasteiger partial charge in [0.2, 0.25) is 5.13 Å². The number of anilines is 1. The zero-order chi connectivity index (χ0) is 23.7. The number of aromatic nitrogens is 4. The Morgan fingerprint density at radius 3 is 2.74 bits per heavy atom. The maximum Gasteiger partial charge on any atom is 0.267 e. The average Bonchev–Trinajstić information content (AvgIpc) is 3.53. The lowest BCUT2D eigenvalue weighted by Crippen LogP contribution is -2.10. The summed E-state index contributed by atoms with van der Waals surface area (Å²) in [5.41, 5.74) is 2.80. The molecule has 2 aromatic carbocycles. The van der Waals surface area contributed by atoms with Crippen LogP contribution in [0.3, 0.4) is 0 Å². The minimum Gasteiger partial charge on any atom is -0.296 e. The summed E-state index contributed by atoms with van der Waals surface area (Å²) in [6.45, 7) is 2.45. The lowest BCUT2D eigenvalue weighted by molar-refractivity contribution is 0.103. The molecule has 5 rings (SSSR count). The van der Waals surface area contributed by atoms with E-state index in [1.54, 1.807) is 12.1 Å². The fourth-order valence-corrected chi connectivity index (χ4v) is 6.28. The molecule has 0 atom stereocenters. The van der Waals surface area contributed by atoms with Crippen molar-refractivity contribution in [3.05, 3.63) is 87.1 Å². The van der Waals surface area contributed by atoms with Gasteiger partial charge in [-0.1, -0.05) is 65.0 Å². The predicted molar refractivity (Wildman–Crippen MR) is 137 cm³/mol. The number of thioether (sulfide) groups is 1. The highest BCUT2D eigenvalue weighted by atomic mass is 35.5. The topological polar surface area (TPSA) is 72.7 Å². The van der Waals surface area contributed by atoms with Gasteiger partial charge < -0.3 is 0 Å². The smallest absolute Gasteiger partial charge is 0.267 e. The normalized spacial score (nSPS) is 11.3. The van der Waals surface area contributed by atoms with Crippen molar-refractivity contribution in [2.45, 2.75) is 23.6 Å². The second-order valence-electron chi connectivity index (χ2n) is 7.41. The molecular formula is C23H17ClFN5OS3. The van der Waals surface area contributed by atoms with Crippen molar-refractivity contribution in [3.8, 4) is 0 Å². The van der Waals surface area contributed by atoms with E-state index in [4.69, 9.17) is 11.6 Å². The van der Waals surface area contributed by atoms with Gasteiger partial charge in [0.25, 0.3) is 5.91 Å². The Labute approximate surface area is 211 Å². The summed E-state index contributed by atoms with van der Waals surface area (Å²) >= 11 is 10.5.